The molecular weight excluding hydrogens is 370 g/mol. The molecule has 0 bridgehead atoms. The molecule has 0 amide bonds. The Balaban J connectivity index is 2.10. The normalized spacial score (nSPS) is 11.5. The van der Waals surface area contributed by atoms with Gasteiger partial charge < -0.3 is 9.84 Å². The number of nitrogens with one attached hydrogen (secondary N) is 1. The summed E-state index contributed by atoms with van der Waals surface area (Å²) in [5.41, 5.74) is 1.25. The Morgan fingerprint density at radius 3 is 2.66 bits per heavy atom. The Hall–Kier alpha value is -3.61. The standard InChI is InChI=1S/C22H23N3O4/c1-4-29-18-11-6-5-10-17(18)25-21(27)19(20(26)24-22(25)28)15(3)23-13-16-9-7-8-14(2)12-16/h5-12,27H,4,13H2,1-3H3,(H,24,26,28). The first-order chi connectivity index (χ1) is 13.9. The second-order valence-electron chi connectivity index (χ2n) is 6.58. The molecule has 0 saturated heterocycles. The highest BCUT2D eigenvalue weighted by Gasteiger charge is 2.19. The molecule has 2 aromatic carbocycles. The highest BCUT2D eigenvalue weighted by atomic mass is 16.5. The van der Waals surface area contributed by atoms with Crippen LogP contribution in [0.25, 0.3) is 5.69 Å². The Morgan fingerprint density at radius 2 is 1.93 bits per heavy atom. The number of aryl methyl sites for hydroxylation is 1. The minimum Gasteiger partial charge on any atom is -0.493 e. The average molecular weight is 393 g/mol. The molecule has 0 spiro atoms. The van der Waals surface area contributed by atoms with Crippen molar-refractivity contribution in [2.24, 2.45) is 4.99 Å². The second-order valence-corrected chi connectivity index (χ2v) is 6.58. The zero-order valence-electron chi connectivity index (χ0n) is 16.6. The predicted molar refractivity (Wildman–Crippen MR) is 113 cm³/mol. The molecule has 0 aliphatic carbocycles. The molecule has 1 aromatic heterocycles. The number of nitrogens with zero attached hydrogens (tertiary/aromatic N) is 2. The van der Waals surface area contributed by atoms with Gasteiger partial charge in [-0.25, -0.2) is 9.36 Å². The van der Waals surface area contributed by atoms with Crippen LogP contribution in [0, 0.1) is 6.92 Å². The van der Waals surface area contributed by atoms with Crippen molar-refractivity contribution >= 4 is 5.71 Å². The van der Waals surface area contributed by atoms with Gasteiger partial charge in [0.25, 0.3) is 5.56 Å². The van der Waals surface area contributed by atoms with Crippen molar-refractivity contribution < 1.29 is 9.84 Å². The number of aromatic hydroxyl groups is 1. The zero-order chi connectivity index (χ0) is 21.0. The first kappa shape index (κ1) is 20.1. The van der Waals surface area contributed by atoms with Crippen LogP contribution in [0.5, 0.6) is 11.6 Å². The number of H-pyrrole nitrogens is 1. The molecule has 0 unspecified atom stereocenters. The van der Waals surface area contributed by atoms with Crippen LogP contribution in [0.4, 0.5) is 0 Å². The summed E-state index contributed by atoms with van der Waals surface area (Å²) in [5.74, 6) is -0.0591. The Morgan fingerprint density at radius 1 is 1.17 bits per heavy atom. The molecule has 0 radical (unpaired) electrons. The van der Waals surface area contributed by atoms with E-state index < -0.39 is 17.1 Å². The predicted octanol–water partition coefficient (Wildman–Crippen LogP) is 2.95. The van der Waals surface area contributed by atoms with E-state index in [2.05, 4.69) is 9.98 Å². The number of aliphatic imine (C=N–C) groups is 1. The van der Waals surface area contributed by atoms with E-state index in [1.165, 1.54) is 0 Å². The average Bonchev–Trinajstić information content (AvgIpc) is 2.67. The van der Waals surface area contributed by atoms with Crippen molar-refractivity contribution in [3.63, 3.8) is 0 Å². The Labute approximate surface area is 168 Å². The van der Waals surface area contributed by atoms with Crippen LogP contribution in [-0.2, 0) is 6.54 Å². The fourth-order valence-electron chi connectivity index (χ4n) is 3.09. The summed E-state index contributed by atoms with van der Waals surface area (Å²) in [6, 6.07) is 14.7. The molecule has 0 atom stereocenters. The maximum atomic E-state index is 12.5. The number of hydrogen-bond donors (Lipinski definition) is 2. The summed E-state index contributed by atoms with van der Waals surface area (Å²) in [5, 5.41) is 10.8. The third-order valence-corrected chi connectivity index (χ3v) is 4.44. The third kappa shape index (κ3) is 4.29. The van der Waals surface area contributed by atoms with Gasteiger partial charge in [-0.1, -0.05) is 42.0 Å². The van der Waals surface area contributed by atoms with Gasteiger partial charge in [0.2, 0.25) is 5.88 Å². The first-order valence-electron chi connectivity index (χ1n) is 9.29. The summed E-state index contributed by atoms with van der Waals surface area (Å²) >= 11 is 0. The molecule has 3 rings (SSSR count). The topological polar surface area (TPSA) is 96.7 Å². The summed E-state index contributed by atoms with van der Waals surface area (Å²) in [6.07, 6.45) is 0. The van der Waals surface area contributed by atoms with Gasteiger partial charge >= 0.3 is 5.69 Å². The lowest BCUT2D eigenvalue weighted by Gasteiger charge is -2.15. The molecule has 0 aliphatic rings. The molecule has 7 nitrogen and oxygen atoms in total. The number of aromatic nitrogens is 2. The smallest absolute Gasteiger partial charge is 0.335 e. The molecule has 2 N–H and O–H groups in total. The fourth-order valence-corrected chi connectivity index (χ4v) is 3.09. The second kappa shape index (κ2) is 8.60. The number of benzene rings is 2. The number of rotatable bonds is 6. The summed E-state index contributed by atoms with van der Waals surface area (Å²) < 4.78 is 6.58. The first-order valence-corrected chi connectivity index (χ1v) is 9.29. The largest absolute Gasteiger partial charge is 0.493 e. The van der Waals surface area contributed by atoms with Crippen molar-refractivity contribution in [1.82, 2.24) is 9.55 Å². The highest BCUT2D eigenvalue weighted by Crippen LogP contribution is 2.25. The molecule has 0 fully saturated rings. The van der Waals surface area contributed by atoms with E-state index >= 15 is 0 Å². The van der Waals surface area contributed by atoms with Crippen molar-refractivity contribution in [2.75, 3.05) is 6.61 Å². The van der Waals surface area contributed by atoms with Gasteiger partial charge in [-0.3, -0.25) is 14.8 Å². The van der Waals surface area contributed by atoms with Crippen LogP contribution in [0.3, 0.4) is 0 Å². The van der Waals surface area contributed by atoms with E-state index in [0.29, 0.717) is 30.3 Å². The third-order valence-electron chi connectivity index (χ3n) is 4.44. The molecule has 1 heterocycles. The summed E-state index contributed by atoms with van der Waals surface area (Å²) in [4.78, 5) is 31.6. The summed E-state index contributed by atoms with van der Waals surface area (Å²) in [7, 11) is 0. The van der Waals surface area contributed by atoms with Gasteiger partial charge in [0.15, 0.2) is 0 Å². The fraction of sp³-hybridized carbons (Fsp3) is 0.227. The monoisotopic (exact) mass is 393 g/mol. The van der Waals surface area contributed by atoms with Crippen molar-refractivity contribution in [2.45, 2.75) is 27.3 Å². The van der Waals surface area contributed by atoms with Crippen LogP contribution in [0.2, 0.25) is 0 Å². The minimum atomic E-state index is -0.755. The molecule has 29 heavy (non-hydrogen) atoms. The SMILES string of the molecule is CCOc1ccccc1-n1c(O)c(C(C)=NCc2cccc(C)c2)c(=O)[nH]c1=O. The van der Waals surface area contributed by atoms with Crippen LogP contribution >= 0.6 is 0 Å². The molecule has 7 heteroatoms. The lowest BCUT2D eigenvalue weighted by molar-refractivity contribution is 0.336. The number of hydrogen-bond acceptors (Lipinski definition) is 5. The van der Waals surface area contributed by atoms with Gasteiger partial charge in [0.05, 0.1) is 24.6 Å². The minimum absolute atomic E-state index is 0.0523. The number of aromatic amines is 1. The van der Waals surface area contributed by atoms with Crippen LogP contribution in [-0.4, -0.2) is 27.0 Å². The zero-order valence-corrected chi connectivity index (χ0v) is 16.6. The molecule has 0 aliphatic heterocycles. The van der Waals surface area contributed by atoms with E-state index in [1.54, 1.807) is 31.2 Å². The van der Waals surface area contributed by atoms with Gasteiger partial charge in [-0.2, -0.15) is 0 Å². The Kier molecular flexibility index (Phi) is 5.97. The van der Waals surface area contributed by atoms with E-state index in [-0.39, 0.29) is 5.56 Å². The van der Waals surface area contributed by atoms with Crippen molar-refractivity contribution in [3.8, 4) is 17.3 Å². The van der Waals surface area contributed by atoms with E-state index in [4.69, 9.17) is 4.74 Å². The van der Waals surface area contributed by atoms with Crippen LogP contribution < -0.4 is 16.0 Å². The van der Waals surface area contributed by atoms with Gasteiger partial charge in [-0.15, -0.1) is 0 Å². The van der Waals surface area contributed by atoms with Gasteiger partial charge in [0, 0.05) is 0 Å². The van der Waals surface area contributed by atoms with Crippen LogP contribution in [0.15, 0.2) is 63.1 Å². The van der Waals surface area contributed by atoms with Gasteiger partial charge in [0.1, 0.15) is 11.3 Å². The summed E-state index contributed by atoms with van der Waals surface area (Å²) in [6.45, 7) is 6.17. The molecule has 0 saturated carbocycles. The number of ether oxygens (including phenoxy) is 1. The van der Waals surface area contributed by atoms with Crippen molar-refractivity contribution in [3.05, 3.63) is 86.1 Å². The van der Waals surface area contributed by atoms with Crippen LogP contribution in [0.1, 0.15) is 30.5 Å². The molecule has 150 valence electrons. The van der Waals surface area contributed by atoms with E-state index in [9.17, 15) is 14.7 Å². The lowest BCUT2D eigenvalue weighted by Crippen LogP contribution is -2.33. The van der Waals surface area contributed by atoms with E-state index in [0.717, 1.165) is 15.7 Å². The number of para-hydroxylation sites is 2. The van der Waals surface area contributed by atoms with E-state index in [1.807, 2.05) is 38.1 Å². The maximum absolute atomic E-state index is 12.5. The van der Waals surface area contributed by atoms with Gasteiger partial charge in [-0.05, 0) is 38.5 Å². The highest BCUT2D eigenvalue weighted by molar-refractivity contribution is 6.00. The Bertz CT molecular complexity index is 1180. The lowest BCUT2D eigenvalue weighted by atomic mass is 10.1. The van der Waals surface area contributed by atoms with Crippen molar-refractivity contribution in [1.29, 1.82) is 0 Å². The quantitative estimate of drug-likeness (QED) is 0.629. The maximum Gasteiger partial charge on any atom is 0.335 e. The molecular formula is C22H23N3O4. The molecule has 3 aromatic rings.